The highest BCUT2D eigenvalue weighted by molar-refractivity contribution is 7.90. The first-order valence-electron chi connectivity index (χ1n) is 4.30. The Labute approximate surface area is 110 Å². The van der Waals surface area contributed by atoms with Crippen molar-refractivity contribution in [2.24, 2.45) is 0 Å². The van der Waals surface area contributed by atoms with E-state index >= 15 is 0 Å². The molecule has 0 aliphatic heterocycles. The Morgan fingerprint density at radius 3 is 2.44 bits per heavy atom. The van der Waals surface area contributed by atoms with Crippen molar-refractivity contribution in [1.82, 2.24) is 4.31 Å². The monoisotopic (exact) mass is 301 g/mol. The fourth-order valence-electron chi connectivity index (χ4n) is 1.07. The van der Waals surface area contributed by atoms with Crippen LogP contribution in [0.25, 0.3) is 0 Å². The summed E-state index contributed by atoms with van der Waals surface area (Å²) in [5.41, 5.74) is 0.683. The predicted molar refractivity (Wildman–Crippen MR) is 67.6 cm³/mol. The lowest BCUT2D eigenvalue weighted by atomic mass is 10.2. The second kappa shape index (κ2) is 5.56. The topological polar surface area (TPSA) is 37.4 Å². The number of benzene rings is 1. The number of hydrogen-bond acceptors (Lipinski definition) is 2. The Morgan fingerprint density at radius 1 is 1.31 bits per heavy atom. The fourth-order valence-corrected chi connectivity index (χ4v) is 2.54. The summed E-state index contributed by atoms with van der Waals surface area (Å²) in [6.45, 7) is 0.172. The van der Waals surface area contributed by atoms with Gasteiger partial charge in [0.05, 0.1) is 0 Å². The molecule has 1 rings (SSSR count). The number of hydrogen-bond donors (Lipinski definition) is 0. The Hall–Kier alpha value is -0.000000000000000111. The van der Waals surface area contributed by atoms with Crippen LogP contribution in [0.1, 0.15) is 5.56 Å². The van der Waals surface area contributed by atoms with Crippen LogP contribution in [0.2, 0.25) is 10.0 Å². The second-order valence-electron chi connectivity index (χ2n) is 3.21. The summed E-state index contributed by atoms with van der Waals surface area (Å²) < 4.78 is 24.0. The molecule has 16 heavy (non-hydrogen) atoms. The molecule has 0 aliphatic carbocycles. The largest absolute Gasteiger partial charge is 0.228 e. The van der Waals surface area contributed by atoms with Crippen molar-refractivity contribution in [1.29, 1.82) is 0 Å². The summed E-state index contributed by atoms with van der Waals surface area (Å²) in [4.78, 5) is 0. The van der Waals surface area contributed by atoms with E-state index in [1.807, 2.05) is 0 Å². The lowest BCUT2D eigenvalue weighted by molar-refractivity contribution is 0.471. The highest BCUT2D eigenvalue weighted by Crippen LogP contribution is 2.22. The minimum atomic E-state index is -3.42. The van der Waals surface area contributed by atoms with Crippen molar-refractivity contribution in [3.8, 4) is 0 Å². The second-order valence-corrected chi connectivity index (χ2v) is 6.72. The van der Waals surface area contributed by atoms with E-state index < -0.39 is 15.2 Å². The molecule has 3 nitrogen and oxygen atoms in total. The van der Waals surface area contributed by atoms with Gasteiger partial charge in [0.25, 0.3) is 0 Å². The fraction of sp³-hybridized carbons (Fsp3) is 0.333. The lowest BCUT2D eigenvalue weighted by Gasteiger charge is -2.16. The number of halogens is 3. The van der Waals surface area contributed by atoms with Crippen LogP contribution in [-0.2, 0) is 16.6 Å². The van der Waals surface area contributed by atoms with E-state index in [0.717, 1.165) is 4.31 Å². The minimum Gasteiger partial charge on any atom is -0.211 e. The van der Waals surface area contributed by atoms with Gasteiger partial charge in [-0.25, -0.2) is 8.42 Å². The van der Waals surface area contributed by atoms with Gasteiger partial charge in [0.15, 0.2) is 0 Å². The third-order valence-corrected chi connectivity index (χ3v) is 4.79. The van der Waals surface area contributed by atoms with Crippen LogP contribution in [0, 0.1) is 0 Å². The molecule has 0 aromatic heterocycles. The molecule has 0 atom stereocenters. The molecule has 0 amide bonds. The van der Waals surface area contributed by atoms with Gasteiger partial charge < -0.3 is 0 Å². The number of nitrogens with zero attached hydrogens (tertiary/aromatic N) is 1. The van der Waals surface area contributed by atoms with Crippen molar-refractivity contribution >= 4 is 44.8 Å². The summed E-state index contributed by atoms with van der Waals surface area (Å²) in [6.07, 6.45) is 0. The molecule has 0 saturated heterocycles. The standard InChI is InChI=1S/C9H10Cl3NO2S/c1-13(16(14,15)6-10)5-7-2-3-8(11)4-9(7)12/h2-4H,5-6H2,1H3. The van der Waals surface area contributed by atoms with Gasteiger partial charge in [-0.3, -0.25) is 0 Å². The molecular formula is C9H10Cl3NO2S. The molecule has 0 aliphatic rings. The third kappa shape index (κ3) is 3.50. The van der Waals surface area contributed by atoms with Crippen molar-refractivity contribution in [2.45, 2.75) is 6.54 Å². The normalized spacial score (nSPS) is 12.1. The molecule has 0 N–H and O–H groups in total. The molecule has 0 bridgehead atoms. The van der Waals surface area contributed by atoms with Crippen molar-refractivity contribution in [2.75, 3.05) is 12.3 Å². The molecule has 0 radical (unpaired) electrons. The first kappa shape index (κ1) is 14.1. The molecule has 0 spiro atoms. The van der Waals surface area contributed by atoms with Gasteiger partial charge in [-0.05, 0) is 17.7 Å². The Morgan fingerprint density at radius 2 is 1.94 bits per heavy atom. The Bertz CT molecular complexity index is 476. The maximum atomic E-state index is 11.4. The maximum absolute atomic E-state index is 11.4. The van der Waals surface area contributed by atoms with E-state index in [4.69, 9.17) is 34.8 Å². The van der Waals surface area contributed by atoms with E-state index in [0.29, 0.717) is 15.6 Å². The number of sulfonamides is 1. The van der Waals surface area contributed by atoms with Gasteiger partial charge in [-0.2, -0.15) is 4.31 Å². The molecule has 1 aromatic carbocycles. The van der Waals surface area contributed by atoms with Crippen LogP contribution in [-0.4, -0.2) is 25.0 Å². The highest BCUT2D eigenvalue weighted by Gasteiger charge is 2.17. The van der Waals surface area contributed by atoms with Gasteiger partial charge in [0.1, 0.15) is 5.21 Å². The number of rotatable bonds is 4. The average molecular weight is 303 g/mol. The van der Waals surface area contributed by atoms with E-state index in [9.17, 15) is 8.42 Å². The van der Waals surface area contributed by atoms with Crippen LogP contribution < -0.4 is 0 Å². The highest BCUT2D eigenvalue weighted by atomic mass is 35.5. The average Bonchev–Trinajstić information content (AvgIpc) is 2.22. The Balaban J connectivity index is 2.89. The summed E-state index contributed by atoms with van der Waals surface area (Å²) in [6, 6.07) is 4.91. The molecule has 0 unspecified atom stereocenters. The first-order chi connectivity index (χ1) is 7.36. The maximum Gasteiger partial charge on any atom is 0.228 e. The van der Waals surface area contributed by atoms with E-state index in [-0.39, 0.29) is 6.54 Å². The molecule has 0 heterocycles. The molecule has 90 valence electrons. The van der Waals surface area contributed by atoms with Crippen LogP contribution in [0.4, 0.5) is 0 Å². The smallest absolute Gasteiger partial charge is 0.211 e. The van der Waals surface area contributed by atoms with Crippen LogP contribution in [0.15, 0.2) is 18.2 Å². The van der Waals surface area contributed by atoms with E-state index in [2.05, 4.69) is 0 Å². The van der Waals surface area contributed by atoms with Gasteiger partial charge in [0, 0.05) is 23.6 Å². The zero-order chi connectivity index (χ0) is 12.3. The van der Waals surface area contributed by atoms with Crippen molar-refractivity contribution in [3.63, 3.8) is 0 Å². The SMILES string of the molecule is CN(Cc1ccc(Cl)cc1Cl)S(=O)(=O)CCl. The quantitative estimate of drug-likeness (QED) is 0.802. The van der Waals surface area contributed by atoms with Crippen LogP contribution in [0.3, 0.4) is 0 Å². The van der Waals surface area contributed by atoms with Gasteiger partial charge in [-0.15, -0.1) is 11.6 Å². The van der Waals surface area contributed by atoms with E-state index in [1.165, 1.54) is 7.05 Å². The van der Waals surface area contributed by atoms with Crippen molar-refractivity contribution in [3.05, 3.63) is 33.8 Å². The molecular weight excluding hydrogens is 293 g/mol. The number of alkyl halides is 1. The summed E-state index contributed by atoms with van der Waals surface area (Å²) >= 11 is 17.0. The summed E-state index contributed by atoms with van der Waals surface area (Å²) in [5, 5.41) is 0.495. The molecule has 0 saturated carbocycles. The zero-order valence-electron chi connectivity index (χ0n) is 8.45. The van der Waals surface area contributed by atoms with Gasteiger partial charge in [0.2, 0.25) is 10.0 Å². The first-order valence-corrected chi connectivity index (χ1v) is 7.20. The van der Waals surface area contributed by atoms with Gasteiger partial charge in [-0.1, -0.05) is 29.3 Å². The van der Waals surface area contributed by atoms with Crippen molar-refractivity contribution < 1.29 is 8.42 Å². The molecule has 0 fully saturated rings. The zero-order valence-corrected chi connectivity index (χ0v) is 11.5. The molecule has 7 heteroatoms. The van der Waals surface area contributed by atoms with Gasteiger partial charge >= 0.3 is 0 Å². The Kier molecular flexibility index (Phi) is 4.88. The van der Waals surface area contributed by atoms with E-state index in [1.54, 1.807) is 18.2 Å². The third-order valence-electron chi connectivity index (χ3n) is 2.02. The molecule has 1 aromatic rings. The van der Waals surface area contributed by atoms with Crippen LogP contribution in [0.5, 0.6) is 0 Å². The minimum absolute atomic E-state index is 0.172. The summed E-state index contributed by atoms with van der Waals surface area (Å²) in [5.74, 6) is 0. The summed E-state index contributed by atoms with van der Waals surface area (Å²) in [7, 11) is -1.97. The lowest BCUT2D eigenvalue weighted by Crippen LogP contribution is -2.27. The predicted octanol–water partition coefficient (Wildman–Crippen LogP) is 2.95. The van der Waals surface area contributed by atoms with Crippen LogP contribution >= 0.6 is 34.8 Å².